The average Bonchev–Trinajstić information content (AvgIpc) is 3.72. The minimum absolute atomic E-state index is 0.0123. The summed E-state index contributed by atoms with van der Waals surface area (Å²) in [4.78, 5) is 13.3. The van der Waals surface area contributed by atoms with E-state index in [1.54, 1.807) is 6.07 Å². The van der Waals surface area contributed by atoms with Crippen LogP contribution in [0.2, 0.25) is 0 Å². The van der Waals surface area contributed by atoms with Crippen LogP contribution in [0.1, 0.15) is 246 Å². The van der Waals surface area contributed by atoms with Gasteiger partial charge in [-0.25, -0.2) is 0 Å². The van der Waals surface area contributed by atoms with Crippen molar-refractivity contribution in [2.24, 2.45) is 87.1 Å². The Kier molecular flexibility index (Phi) is 25.8. The fraction of sp³-hybridized carbons (Fsp3) is 0.828. The van der Waals surface area contributed by atoms with E-state index >= 15 is 0 Å². The molecule has 13 atom stereocenters. The summed E-state index contributed by atoms with van der Waals surface area (Å²) in [6.07, 6.45) is 32.1. The van der Waals surface area contributed by atoms with E-state index in [9.17, 15) is 4.79 Å². The summed E-state index contributed by atoms with van der Waals surface area (Å²) in [5, 5.41) is 3.12. The van der Waals surface area contributed by atoms with Crippen molar-refractivity contribution in [3.05, 3.63) is 41.8 Å². The normalized spacial score (nSPS) is 33.8. The first-order chi connectivity index (χ1) is 33.4. The number of carbonyl (C=O) groups excluding carboxylic acids is 1. The van der Waals surface area contributed by atoms with Gasteiger partial charge in [-0.1, -0.05) is 155 Å². The van der Waals surface area contributed by atoms with Gasteiger partial charge in [-0.2, -0.15) is 0 Å². The standard InChI is InChI=1S/C35H56N2O2.C21H37NO.C4H10.2C2H6/c1-22(2)8-7-9-23(3)28-13-14-29-27-12-10-25-20-24(16-18-34(25,4)30(27)17-19-35(28,29)5)33(38)39-32-15-11-26(36)21-31(32)37-6;1-6-16-9-8-10-17-14-18(11-12-21(16,17)5)23-20(13-15(3)4)19(22)7-2;1-3-4-2;2*1-2/h11,15,21-25,27-30,37H,7-10,12-14,16-20,36H2,1-6H3;7,13,15-18H,6,8-12,14,22H2,1-5H3;3-4H2,1-2H3;2*1-2H3/b;19-7+,20-13+;;;. The first kappa shape index (κ1) is 61.7. The zero-order valence-corrected chi connectivity index (χ0v) is 49.0. The Hall–Kier alpha value is -2.63. The molecule has 13 unspecified atom stereocenters. The van der Waals surface area contributed by atoms with Crippen molar-refractivity contribution in [1.82, 2.24) is 0 Å². The number of nitrogens with one attached hydrogen (secondary N) is 1. The Labute approximate surface area is 434 Å². The highest BCUT2D eigenvalue weighted by molar-refractivity contribution is 5.78. The van der Waals surface area contributed by atoms with Crippen molar-refractivity contribution in [3.63, 3.8) is 0 Å². The predicted octanol–water partition coefficient (Wildman–Crippen LogP) is 18.6. The molecule has 7 rings (SSSR count). The van der Waals surface area contributed by atoms with E-state index in [4.69, 9.17) is 20.9 Å². The van der Waals surface area contributed by atoms with E-state index in [1.165, 1.54) is 122 Å². The first-order valence-electron chi connectivity index (χ1n) is 30.0. The highest BCUT2D eigenvalue weighted by Gasteiger charge is 2.61. The van der Waals surface area contributed by atoms with Gasteiger partial charge in [-0.15, -0.1) is 0 Å². The molecule has 6 aliphatic rings. The van der Waals surface area contributed by atoms with Gasteiger partial charge in [0.05, 0.1) is 23.4 Å². The van der Waals surface area contributed by atoms with Crippen molar-refractivity contribution < 1.29 is 14.3 Å². The Bertz CT molecular complexity index is 1730. The molecule has 0 heterocycles. The number of nitrogen functional groups attached to an aromatic ring is 1. The van der Waals surface area contributed by atoms with Gasteiger partial charge >= 0.3 is 5.97 Å². The minimum Gasteiger partial charge on any atom is -0.489 e. The van der Waals surface area contributed by atoms with Crippen LogP contribution in [-0.4, -0.2) is 19.1 Å². The maximum absolute atomic E-state index is 13.3. The molecule has 1 aromatic rings. The zero-order chi connectivity index (χ0) is 52.4. The number of fused-ring (bicyclic) bond motifs is 6. The molecule has 0 aliphatic heterocycles. The van der Waals surface area contributed by atoms with Crippen LogP contribution in [-0.2, 0) is 9.53 Å². The molecular weight excluding hydrogens is 859 g/mol. The highest BCUT2D eigenvalue weighted by atomic mass is 16.5. The number of unbranched alkanes of at least 4 members (excludes halogenated alkanes) is 1. The third-order valence-corrected chi connectivity index (χ3v) is 19.6. The Morgan fingerprint density at radius 1 is 0.786 bits per heavy atom. The summed E-state index contributed by atoms with van der Waals surface area (Å²) in [7, 11) is 1.84. The molecular formula is C64H115N3O3. The molecule has 6 heteroatoms. The number of anilines is 2. The molecule has 6 fully saturated rings. The fourth-order valence-corrected chi connectivity index (χ4v) is 15.4. The van der Waals surface area contributed by atoms with Crippen LogP contribution in [0.3, 0.4) is 0 Å². The summed E-state index contributed by atoms with van der Waals surface area (Å²) in [6, 6.07) is 5.45. The molecule has 6 aliphatic carbocycles. The van der Waals surface area contributed by atoms with E-state index < -0.39 is 0 Å². The van der Waals surface area contributed by atoms with Crippen LogP contribution in [0.25, 0.3) is 0 Å². The number of carbonyl (C=O) groups is 1. The summed E-state index contributed by atoms with van der Waals surface area (Å²) >= 11 is 0. The third-order valence-electron chi connectivity index (χ3n) is 19.6. The summed E-state index contributed by atoms with van der Waals surface area (Å²) < 4.78 is 12.3. The van der Waals surface area contributed by atoms with Gasteiger partial charge in [0.1, 0.15) is 5.76 Å². The molecule has 6 saturated carbocycles. The van der Waals surface area contributed by atoms with E-state index in [2.05, 4.69) is 87.6 Å². The SMILES string of the molecule is C/C=C(N)\C(=C/C(C)C)OC1CCC2(C)C(CC)CCCC2C1.CC.CC.CCCC.CNc1cc(N)ccc1OC(=O)C1CCC2(C)C(CCC3C2CCC2(C)C(C(C)CCCC(C)C)CCC32)C1. The number of nitrogens with two attached hydrogens (primary N) is 2. The van der Waals surface area contributed by atoms with Crippen molar-refractivity contribution in [2.45, 2.75) is 252 Å². The molecule has 6 nitrogen and oxygen atoms in total. The maximum Gasteiger partial charge on any atom is 0.314 e. The topological polar surface area (TPSA) is 99.6 Å². The van der Waals surface area contributed by atoms with E-state index in [-0.39, 0.29) is 11.9 Å². The molecule has 0 aromatic heterocycles. The van der Waals surface area contributed by atoms with E-state index in [1.807, 2.05) is 59.9 Å². The molecule has 5 N–H and O–H groups in total. The van der Waals surface area contributed by atoms with Crippen LogP contribution in [0.5, 0.6) is 5.75 Å². The van der Waals surface area contributed by atoms with Crippen LogP contribution in [0.4, 0.5) is 11.4 Å². The average molecular weight is 975 g/mol. The first-order valence-corrected chi connectivity index (χ1v) is 30.0. The second-order valence-electron chi connectivity index (χ2n) is 24.4. The number of esters is 1. The van der Waals surface area contributed by atoms with E-state index in [0.717, 1.165) is 77.3 Å². The summed E-state index contributed by atoms with van der Waals surface area (Å²) in [5.74, 6) is 9.57. The van der Waals surface area contributed by atoms with Crippen molar-refractivity contribution in [2.75, 3.05) is 18.1 Å². The minimum atomic E-state index is -0.0539. The second-order valence-corrected chi connectivity index (χ2v) is 24.4. The van der Waals surface area contributed by atoms with Crippen LogP contribution >= 0.6 is 0 Å². The van der Waals surface area contributed by atoms with Crippen LogP contribution in [0, 0.1) is 81.3 Å². The number of allylic oxidation sites excluding steroid dienone is 2. The molecule has 0 spiro atoms. The number of rotatable bonds is 14. The van der Waals surface area contributed by atoms with E-state index in [0.29, 0.717) is 45.6 Å². The zero-order valence-electron chi connectivity index (χ0n) is 49.0. The Morgan fingerprint density at radius 2 is 1.43 bits per heavy atom. The van der Waals surface area contributed by atoms with Crippen LogP contribution in [0.15, 0.2) is 41.8 Å². The second kappa shape index (κ2) is 29.3. The van der Waals surface area contributed by atoms with Crippen molar-refractivity contribution in [1.29, 1.82) is 0 Å². The quantitative estimate of drug-likeness (QED) is 0.0565. The van der Waals surface area contributed by atoms with Crippen molar-refractivity contribution in [3.8, 4) is 5.75 Å². The monoisotopic (exact) mass is 974 g/mol. The predicted molar refractivity (Wildman–Crippen MR) is 305 cm³/mol. The highest BCUT2D eigenvalue weighted by Crippen LogP contribution is 2.69. The molecule has 0 radical (unpaired) electrons. The maximum atomic E-state index is 13.3. The Morgan fingerprint density at radius 3 is 2.04 bits per heavy atom. The molecule has 0 bridgehead atoms. The summed E-state index contributed by atoms with van der Waals surface area (Å²) in [5.41, 5.74) is 15.8. The fourth-order valence-electron chi connectivity index (χ4n) is 15.4. The lowest BCUT2D eigenvalue weighted by Gasteiger charge is -2.61. The van der Waals surface area contributed by atoms with Gasteiger partial charge in [0.2, 0.25) is 0 Å². The summed E-state index contributed by atoms with van der Waals surface area (Å²) in [6.45, 7) is 36.2. The largest absolute Gasteiger partial charge is 0.489 e. The third kappa shape index (κ3) is 15.2. The van der Waals surface area contributed by atoms with Gasteiger partial charge in [0, 0.05) is 12.7 Å². The molecule has 1 aromatic carbocycles. The van der Waals surface area contributed by atoms with Gasteiger partial charge in [-0.3, -0.25) is 4.79 Å². The van der Waals surface area contributed by atoms with Crippen molar-refractivity contribution >= 4 is 17.3 Å². The lowest BCUT2D eigenvalue weighted by molar-refractivity contribution is -0.150. The van der Waals surface area contributed by atoms with Gasteiger partial charge in [-0.05, 0) is 197 Å². The molecule has 0 amide bonds. The molecule has 404 valence electrons. The lowest BCUT2D eigenvalue weighted by atomic mass is 9.44. The Balaban J connectivity index is 0.000000355. The number of benzene rings is 1. The van der Waals surface area contributed by atoms with Gasteiger partial charge < -0.3 is 26.3 Å². The molecule has 70 heavy (non-hydrogen) atoms. The number of hydrogen-bond donors (Lipinski definition) is 3. The van der Waals surface area contributed by atoms with Crippen LogP contribution < -0.4 is 21.5 Å². The molecule has 0 saturated heterocycles. The lowest BCUT2D eigenvalue weighted by Crippen LogP contribution is -2.54. The number of ether oxygens (including phenoxy) is 2. The smallest absolute Gasteiger partial charge is 0.314 e. The number of hydrogen-bond acceptors (Lipinski definition) is 6. The van der Waals surface area contributed by atoms with Gasteiger partial charge in [0.15, 0.2) is 5.75 Å². The van der Waals surface area contributed by atoms with Gasteiger partial charge in [0.25, 0.3) is 0 Å².